The van der Waals surface area contributed by atoms with Gasteiger partial charge in [0, 0.05) is 31.3 Å². The van der Waals surface area contributed by atoms with Gasteiger partial charge in [-0.15, -0.1) is 0 Å². The first-order chi connectivity index (χ1) is 16.7. The van der Waals surface area contributed by atoms with Gasteiger partial charge in [0.2, 0.25) is 5.79 Å². The van der Waals surface area contributed by atoms with Crippen LogP contribution in [0.15, 0.2) is 43.0 Å². The van der Waals surface area contributed by atoms with Gasteiger partial charge in [-0.1, -0.05) is 12.1 Å². The van der Waals surface area contributed by atoms with E-state index >= 15 is 0 Å². The third-order valence-electron chi connectivity index (χ3n) is 9.11. The standard InChI is InChI=1S/C28H38N2O4/c1-31-28(24-15-20-14-21(17-24)18-25(28)16-20)34-33-27-8-4-23(5-9-27)22-2-6-26(7-3-22)32-13-12-30-11-10-29-19-30/h2-3,6-7,10-11,19-21,23-25,27H,4-5,8-9,12-18H2,1H3/t20?,21?,23-,24?,25?,27+,28?. The van der Waals surface area contributed by atoms with Crippen LogP contribution in [-0.4, -0.2) is 35.2 Å². The lowest BCUT2D eigenvalue weighted by molar-refractivity contribution is -0.485. The number of methoxy groups -OCH3 is 1. The van der Waals surface area contributed by atoms with Crippen LogP contribution in [0, 0.1) is 23.7 Å². The zero-order valence-electron chi connectivity index (χ0n) is 20.3. The molecule has 2 aromatic rings. The summed E-state index contributed by atoms with van der Waals surface area (Å²) in [4.78, 5) is 16.5. The maximum Gasteiger partial charge on any atom is 0.207 e. The van der Waals surface area contributed by atoms with Crippen molar-refractivity contribution in [3.63, 3.8) is 0 Å². The number of imidazole rings is 1. The first kappa shape index (κ1) is 22.6. The summed E-state index contributed by atoms with van der Waals surface area (Å²) in [7, 11) is 1.83. The van der Waals surface area contributed by atoms with Gasteiger partial charge in [-0.3, -0.25) is 0 Å². The van der Waals surface area contributed by atoms with Crippen molar-refractivity contribution in [3.8, 4) is 5.75 Å². The van der Waals surface area contributed by atoms with Gasteiger partial charge in [0.1, 0.15) is 12.4 Å². The summed E-state index contributed by atoms with van der Waals surface area (Å²) in [5.74, 6) is 3.79. The predicted molar refractivity (Wildman–Crippen MR) is 128 cm³/mol. The van der Waals surface area contributed by atoms with Gasteiger partial charge < -0.3 is 14.0 Å². The summed E-state index contributed by atoms with van der Waals surface area (Å²) in [6.45, 7) is 1.45. The quantitative estimate of drug-likeness (QED) is 0.268. The first-order valence-corrected chi connectivity index (χ1v) is 13.3. The van der Waals surface area contributed by atoms with Crippen molar-refractivity contribution in [1.29, 1.82) is 0 Å². The molecule has 0 unspecified atom stereocenters. The summed E-state index contributed by atoms with van der Waals surface area (Å²) in [5, 5.41) is 0. The fourth-order valence-corrected chi connectivity index (χ4v) is 7.50. The third kappa shape index (κ3) is 4.40. The maximum absolute atomic E-state index is 6.27. The number of nitrogens with zero attached hydrogens (tertiary/aromatic N) is 2. The minimum absolute atomic E-state index is 0.172. The van der Waals surface area contributed by atoms with Gasteiger partial charge in [0.05, 0.1) is 19.0 Å². The highest BCUT2D eigenvalue weighted by Crippen LogP contribution is 2.60. The van der Waals surface area contributed by atoms with Crippen molar-refractivity contribution in [2.24, 2.45) is 23.7 Å². The molecule has 1 heterocycles. The van der Waals surface area contributed by atoms with E-state index in [-0.39, 0.29) is 6.10 Å². The Balaban J connectivity index is 0.972. The molecule has 0 saturated heterocycles. The summed E-state index contributed by atoms with van der Waals surface area (Å²) in [5.41, 5.74) is 1.40. The summed E-state index contributed by atoms with van der Waals surface area (Å²) < 4.78 is 14.0. The Morgan fingerprint density at radius 2 is 1.65 bits per heavy atom. The highest BCUT2D eigenvalue weighted by molar-refractivity contribution is 5.29. The number of aromatic nitrogens is 2. The molecule has 0 N–H and O–H groups in total. The minimum atomic E-state index is -0.502. The Bertz CT molecular complexity index is 892. The van der Waals surface area contributed by atoms with Crippen molar-refractivity contribution in [1.82, 2.24) is 9.55 Å². The molecular formula is C28H38N2O4. The zero-order valence-corrected chi connectivity index (χ0v) is 20.3. The fourth-order valence-electron chi connectivity index (χ4n) is 7.50. The molecule has 5 saturated carbocycles. The van der Waals surface area contributed by atoms with Crippen LogP contribution in [-0.2, 0) is 21.1 Å². The number of benzene rings is 1. The average Bonchev–Trinajstić information content (AvgIpc) is 3.38. The van der Waals surface area contributed by atoms with E-state index in [0.717, 1.165) is 49.8 Å². The molecule has 0 spiro atoms. The van der Waals surface area contributed by atoms with Crippen LogP contribution in [0.4, 0.5) is 0 Å². The lowest BCUT2D eigenvalue weighted by Gasteiger charge is -2.58. The monoisotopic (exact) mass is 466 g/mol. The van der Waals surface area contributed by atoms with E-state index in [1.807, 2.05) is 24.2 Å². The molecule has 6 heteroatoms. The van der Waals surface area contributed by atoms with E-state index in [0.29, 0.717) is 24.4 Å². The Hall–Kier alpha value is -1.89. The predicted octanol–water partition coefficient (Wildman–Crippen LogP) is 5.74. The van der Waals surface area contributed by atoms with E-state index in [1.165, 1.54) is 37.7 Å². The fraction of sp³-hybridized carbons (Fsp3) is 0.679. The third-order valence-corrected chi connectivity index (χ3v) is 9.11. The molecule has 0 atom stereocenters. The summed E-state index contributed by atoms with van der Waals surface area (Å²) >= 11 is 0. The van der Waals surface area contributed by atoms with Crippen molar-refractivity contribution in [3.05, 3.63) is 48.5 Å². The summed E-state index contributed by atoms with van der Waals surface area (Å²) in [6.07, 6.45) is 16.5. The SMILES string of the molecule is COC1(OO[C@H]2CC[C@@H](c3ccc(OCCn4ccnc4)cc3)CC2)C2CC3CC(C2)CC1C3. The molecule has 0 amide bonds. The molecule has 5 fully saturated rings. The normalized spacial score (nSPS) is 36.6. The lowest BCUT2D eigenvalue weighted by atomic mass is 9.53. The van der Waals surface area contributed by atoms with Crippen LogP contribution in [0.3, 0.4) is 0 Å². The summed E-state index contributed by atoms with van der Waals surface area (Å²) in [6, 6.07) is 8.65. The highest BCUT2D eigenvalue weighted by atomic mass is 17.2. The number of hydrogen-bond donors (Lipinski definition) is 0. The van der Waals surface area contributed by atoms with Gasteiger partial charge in [-0.05, 0) is 93.2 Å². The molecule has 4 bridgehead atoms. The van der Waals surface area contributed by atoms with Gasteiger partial charge in [0.15, 0.2) is 0 Å². The highest BCUT2D eigenvalue weighted by Gasteiger charge is 2.60. The van der Waals surface area contributed by atoms with E-state index in [4.69, 9.17) is 19.2 Å². The van der Waals surface area contributed by atoms with Crippen molar-refractivity contribution in [2.75, 3.05) is 13.7 Å². The van der Waals surface area contributed by atoms with Crippen LogP contribution >= 0.6 is 0 Å². The number of ether oxygens (including phenoxy) is 2. The smallest absolute Gasteiger partial charge is 0.207 e. The minimum Gasteiger partial charge on any atom is -0.492 e. The Morgan fingerprint density at radius 3 is 2.26 bits per heavy atom. The van der Waals surface area contributed by atoms with Gasteiger partial charge in [-0.2, -0.15) is 0 Å². The molecule has 5 aliphatic carbocycles. The number of hydrogen-bond acceptors (Lipinski definition) is 5. The largest absolute Gasteiger partial charge is 0.492 e. The second-order valence-corrected chi connectivity index (χ2v) is 11.1. The van der Waals surface area contributed by atoms with Crippen LogP contribution in [0.25, 0.3) is 0 Å². The van der Waals surface area contributed by atoms with E-state index in [1.54, 1.807) is 6.20 Å². The number of rotatable bonds is 9. The molecule has 184 valence electrons. The molecule has 34 heavy (non-hydrogen) atoms. The van der Waals surface area contributed by atoms with Crippen molar-refractivity contribution >= 4 is 0 Å². The molecule has 1 aromatic heterocycles. The molecule has 7 rings (SSSR count). The van der Waals surface area contributed by atoms with Gasteiger partial charge in [-0.25, -0.2) is 14.8 Å². The Kier molecular flexibility index (Phi) is 6.39. The molecule has 0 radical (unpaired) electrons. The molecule has 6 nitrogen and oxygen atoms in total. The van der Waals surface area contributed by atoms with Gasteiger partial charge in [0.25, 0.3) is 0 Å². The molecule has 1 aromatic carbocycles. The molecule has 0 aliphatic heterocycles. The molecule has 5 aliphatic rings. The maximum atomic E-state index is 6.27. The van der Waals surface area contributed by atoms with Crippen molar-refractivity contribution in [2.45, 2.75) is 82.1 Å². The lowest BCUT2D eigenvalue weighted by Crippen LogP contribution is -2.60. The first-order valence-electron chi connectivity index (χ1n) is 13.3. The van der Waals surface area contributed by atoms with Gasteiger partial charge >= 0.3 is 0 Å². The van der Waals surface area contributed by atoms with Crippen LogP contribution in [0.5, 0.6) is 5.75 Å². The Morgan fingerprint density at radius 1 is 0.941 bits per heavy atom. The van der Waals surface area contributed by atoms with Crippen LogP contribution in [0.1, 0.15) is 69.3 Å². The average molecular weight is 467 g/mol. The van der Waals surface area contributed by atoms with E-state index in [2.05, 4.69) is 29.2 Å². The zero-order chi connectivity index (χ0) is 23.0. The van der Waals surface area contributed by atoms with E-state index < -0.39 is 5.79 Å². The second kappa shape index (κ2) is 9.63. The van der Waals surface area contributed by atoms with Crippen LogP contribution < -0.4 is 4.74 Å². The van der Waals surface area contributed by atoms with Crippen LogP contribution in [0.2, 0.25) is 0 Å². The Labute approximate surface area is 202 Å². The molecular weight excluding hydrogens is 428 g/mol. The van der Waals surface area contributed by atoms with Crippen molar-refractivity contribution < 1.29 is 19.2 Å². The second-order valence-electron chi connectivity index (χ2n) is 11.1. The topological polar surface area (TPSA) is 54.7 Å². The van der Waals surface area contributed by atoms with E-state index in [9.17, 15) is 0 Å².